The minimum atomic E-state index is -1.04. The van der Waals surface area contributed by atoms with Crippen LogP contribution in [0.15, 0.2) is 53.0 Å². The Morgan fingerprint density at radius 3 is 2.62 bits per heavy atom. The summed E-state index contributed by atoms with van der Waals surface area (Å²) in [5.41, 5.74) is 1.33. The predicted octanol–water partition coefficient (Wildman–Crippen LogP) is 5.29. The molecule has 0 radical (unpaired) electrons. The normalized spacial score (nSPS) is 25.9. The number of nitrogens with one attached hydrogen (secondary N) is 1. The topological polar surface area (TPSA) is 84.9 Å². The van der Waals surface area contributed by atoms with Crippen LogP contribution >= 0.6 is 15.9 Å². The average Bonchev–Trinajstić information content (AvgIpc) is 2.79. The van der Waals surface area contributed by atoms with Gasteiger partial charge in [0, 0.05) is 22.4 Å². The van der Waals surface area contributed by atoms with E-state index in [4.69, 9.17) is 9.47 Å². The van der Waals surface area contributed by atoms with E-state index in [1.165, 1.54) is 0 Å². The van der Waals surface area contributed by atoms with Crippen molar-refractivity contribution in [3.8, 4) is 5.75 Å². The minimum Gasteiger partial charge on any atom is -0.487 e. The van der Waals surface area contributed by atoms with Gasteiger partial charge in [-0.25, -0.2) is 4.79 Å². The summed E-state index contributed by atoms with van der Waals surface area (Å²) >= 11 is 3.55. The fourth-order valence-electron chi connectivity index (χ4n) is 5.22. The van der Waals surface area contributed by atoms with Crippen molar-refractivity contribution in [1.82, 2.24) is 5.32 Å². The van der Waals surface area contributed by atoms with Crippen molar-refractivity contribution in [3.63, 3.8) is 0 Å². The highest BCUT2D eigenvalue weighted by atomic mass is 79.9. The number of halogens is 1. The second kappa shape index (κ2) is 10.1. The van der Waals surface area contributed by atoms with Crippen LogP contribution in [0.5, 0.6) is 5.75 Å². The lowest BCUT2D eigenvalue weighted by atomic mass is 9.71. The molecule has 2 aliphatic heterocycles. The molecule has 2 aliphatic rings. The molecular weight excluding hydrogens is 498 g/mol. The summed E-state index contributed by atoms with van der Waals surface area (Å²) in [5, 5.41) is 12.6. The van der Waals surface area contributed by atoms with Gasteiger partial charge in [-0.1, -0.05) is 59.6 Å². The summed E-state index contributed by atoms with van der Waals surface area (Å²) in [6, 6.07) is 14.3. The summed E-state index contributed by atoms with van der Waals surface area (Å²) in [4.78, 5) is 25.4. The van der Waals surface area contributed by atoms with Gasteiger partial charge in [0.25, 0.3) is 0 Å². The first kappa shape index (κ1) is 24.7. The number of hydrogen-bond donors (Lipinski definition) is 2. The van der Waals surface area contributed by atoms with Crippen molar-refractivity contribution in [2.75, 3.05) is 0 Å². The molecule has 5 atom stereocenters. The van der Waals surface area contributed by atoms with Crippen LogP contribution in [0.3, 0.4) is 0 Å². The predicted molar refractivity (Wildman–Crippen MR) is 133 cm³/mol. The van der Waals surface area contributed by atoms with E-state index >= 15 is 0 Å². The van der Waals surface area contributed by atoms with E-state index in [1.54, 1.807) is 0 Å². The van der Waals surface area contributed by atoms with E-state index in [-0.39, 0.29) is 30.5 Å². The van der Waals surface area contributed by atoms with Gasteiger partial charge in [0.1, 0.15) is 17.4 Å². The van der Waals surface area contributed by atoms with Crippen LogP contribution in [-0.4, -0.2) is 34.7 Å². The maximum Gasteiger partial charge on any atom is 0.326 e. The van der Waals surface area contributed by atoms with E-state index in [0.29, 0.717) is 6.42 Å². The largest absolute Gasteiger partial charge is 0.487 e. The molecule has 4 rings (SSSR count). The molecule has 1 amide bonds. The molecule has 0 unspecified atom stereocenters. The average molecular weight is 530 g/mol. The van der Waals surface area contributed by atoms with Crippen molar-refractivity contribution >= 4 is 27.8 Å². The highest BCUT2D eigenvalue weighted by Crippen LogP contribution is 2.52. The minimum absolute atomic E-state index is 0.0458. The second-order valence-corrected chi connectivity index (χ2v) is 10.7. The Bertz CT molecular complexity index is 1040. The maximum atomic E-state index is 13.5. The van der Waals surface area contributed by atoms with E-state index in [2.05, 4.69) is 28.2 Å². The second-order valence-electron chi connectivity index (χ2n) is 9.81. The first-order chi connectivity index (χ1) is 16.2. The third-order valence-corrected chi connectivity index (χ3v) is 7.49. The number of carbonyl (C=O) groups is 2. The Hall–Kier alpha value is -2.38. The van der Waals surface area contributed by atoms with Crippen LogP contribution in [0.2, 0.25) is 0 Å². The van der Waals surface area contributed by atoms with Gasteiger partial charge >= 0.3 is 5.97 Å². The Morgan fingerprint density at radius 2 is 1.94 bits per heavy atom. The number of rotatable bonds is 7. The summed E-state index contributed by atoms with van der Waals surface area (Å²) < 4.78 is 13.9. The van der Waals surface area contributed by atoms with Crippen LogP contribution < -0.4 is 10.1 Å². The number of fused-ring (bicyclic) bond motifs is 3. The van der Waals surface area contributed by atoms with Crippen molar-refractivity contribution in [2.24, 2.45) is 11.8 Å². The molecule has 2 aromatic rings. The van der Waals surface area contributed by atoms with Crippen LogP contribution in [0, 0.1) is 11.8 Å². The molecular formula is C27H32BrNO5. The lowest BCUT2D eigenvalue weighted by Gasteiger charge is -2.51. The van der Waals surface area contributed by atoms with Crippen LogP contribution in [0.1, 0.15) is 57.3 Å². The van der Waals surface area contributed by atoms with Gasteiger partial charge < -0.3 is 19.9 Å². The van der Waals surface area contributed by atoms with Crippen LogP contribution in [-0.2, 0) is 20.7 Å². The number of benzene rings is 2. The molecule has 2 heterocycles. The van der Waals surface area contributed by atoms with Crippen molar-refractivity contribution < 1.29 is 24.2 Å². The number of carboxylic acids is 1. The summed E-state index contributed by atoms with van der Waals surface area (Å²) in [6.45, 7) is 6.13. The van der Waals surface area contributed by atoms with E-state index < -0.39 is 23.5 Å². The molecule has 182 valence electrons. The number of aliphatic carboxylic acids is 1. The molecule has 1 saturated heterocycles. The van der Waals surface area contributed by atoms with Gasteiger partial charge in [0.2, 0.25) is 5.91 Å². The fraction of sp³-hybridized carbons (Fsp3) is 0.481. The van der Waals surface area contributed by atoms with Gasteiger partial charge in [0.15, 0.2) is 0 Å². The van der Waals surface area contributed by atoms with Crippen LogP contribution in [0.25, 0.3) is 0 Å². The van der Waals surface area contributed by atoms with Crippen LogP contribution in [0.4, 0.5) is 0 Å². The molecule has 0 saturated carbocycles. The highest BCUT2D eigenvalue weighted by Gasteiger charge is 2.52. The standard InChI is InChI=1S/C27H32BrNO5/c1-4-8-22-19(25(30)29-21(26(31)32)13-16-9-6-5-7-10-16)15-20-24(33-22)18-14-17(28)11-12-23(18)34-27(20,2)3/h5-7,9-12,14,19-22,24H,4,8,13,15H2,1-3H3,(H,29,30)(H,31,32)/t19-,20-,21-,22-,24+/m0/s1. The number of carboxylic acid groups (broad SMARTS) is 1. The summed E-state index contributed by atoms with van der Waals surface area (Å²) in [5.74, 6) is -0.998. The molecule has 34 heavy (non-hydrogen) atoms. The third kappa shape index (κ3) is 5.15. The SMILES string of the molecule is CCC[C@@H]1O[C@@H]2c3cc(Br)ccc3OC(C)(C)[C@H]2C[C@@H]1C(=O)N[C@@H](Cc1ccccc1)C(=O)O. The van der Waals surface area contributed by atoms with Gasteiger partial charge in [-0.2, -0.15) is 0 Å². The molecule has 0 spiro atoms. The Morgan fingerprint density at radius 1 is 1.21 bits per heavy atom. The van der Waals surface area contributed by atoms with Gasteiger partial charge in [0.05, 0.1) is 18.1 Å². The lowest BCUT2D eigenvalue weighted by Crippen LogP contribution is -2.55. The third-order valence-electron chi connectivity index (χ3n) is 7.00. The molecule has 2 aromatic carbocycles. The lowest BCUT2D eigenvalue weighted by molar-refractivity contribution is -0.181. The molecule has 0 bridgehead atoms. The highest BCUT2D eigenvalue weighted by molar-refractivity contribution is 9.10. The molecule has 1 fully saturated rings. The molecule has 0 aromatic heterocycles. The number of amides is 1. The monoisotopic (exact) mass is 529 g/mol. The Labute approximate surface area is 209 Å². The fourth-order valence-corrected chi connectivity index (χ4v) is 5.60. The smallest absolute Gasteiger partial charge is 0.326 e. The number of carbonyl (C=O) groups excluding carboxylic acids is 1. The molecule has 7 heteroatoms. The van der Waals surface area contributed by atoms with Crippen molar-refractivity contribution in [2.45, 2.75) is 70.3 Å². The summed E-state index contributed by atoms with van der Waals surface area (Å²) in [6.07, 6.45) is 1.91. The molecule has 0 aliphatic carbocycles. The maximum absolute atomic E-state index is 13.5. The van der Waals surface area contributed by atoms with E-state index in [0.717, 1.165) is 34.2 Å². The first-order valence-corrected chi connectivity index (χ1v) is 12.7. The first-order valence-electron chi connectivity index (χ1n) is 11.9. The zero-order valence-electron chi connectivity index (χ0n) is 19.8. The van der Waals surface area contributed by atoms with Crippen molar-refractivity contribution in [1.29, 1.82) is 0 Å². The quantitative estimate of drug-likeness (QED) is 0.508. The van der Waals surface area contributed by atoms with Gasteiger partial charge in [-0.3, -0.25) is 4.79 Å². The van der Waals surface area contributed by atoms with E-state index in [1.807, 2.05) is 62.4 Å². The molecule has 6 nitrogen and oxygen atoms in total. The van der Waals surface area contributed by atoms with Crippen molar-refractivity contribution in [3.05, 3.63) is 64.1 Å². The zero-order valence-corrected chi connectivity index (χ0v) is 21.4. The Kier molecular flexibility index (Phi) is 7.33. The number of ether oxygens (including phenoxy) is 2. The zero-order chi connectivity index (χ0) is 24.5. The van der Waals surface area contributed by atoms with E-state index in [9.17, 15) is 14.7 Å². The van der Waals surface area contributed by atoms with Gasteiger partial charge in [-0.05, 0) is 50.5 Å². The molecule has 2 N–H and O–H groups in total. The number of hydrogen-bond acceptors (Lipinski definition) is 4. The summed E-state index contributed by atoms with van der Waals surface area (Å²) in [7, 11) is 0. The Balaban J connectivity index is 1.58. The van der Waals surface area contributed by atoms with Gasteiger partial charge in [-0.15, -0.1) is 0 Å².